The van der Waals surface area contributed by atoms with E-state index in [1.165, 1.54) is 0 Å². The summed E-state index contributed by atoms with van der Waals surface area (Å²) in [5, 5.41) is 0.930. The third-order valence-corrected chi connectivity index (χ3v) is 3.81. The number of hydrogen-bond acceptors (Lipinski definition) is 1. The number of ketones is 1. The molecule has 0 aliphatic heterocycles. The number of carbonyl (C=O) groups is 1. The normalized spacial score (nSPS) is 13.4. The van der Waals surface area contributed by atoms with Gasteiger partial charge in [0.2, 0.25) is 0 Å². The molecule has 3 heteroatoms. The van der Waals surface area contributed by atoms with Crippen LogP contribution in [0.25, 0.3) is 0 Å². The fourth-order valence-corrected chi connectivity index (χ4v) is 2.60. The smallest absolute Gasteiger partial charge is 0.166 e. The van der Waals surface area contributed by atoms with Gasteiger partial charge < -0.3 is 0 Å². The highest BCUT2D eigenvalue weighted by Crippen LogP contribution is 2.31. The Balaban J connectivity index is 2.95. The molecule has 0 saturated heterocycles. The molecule has 1 nitrogen and oxygen atoms in total. The van der Waals surface area contributed by atoms with E-state index in [1.807, 2.05) is 0 Å². The summed E-state index contributed by atoms with van der Waals surface area (Å²) in [7, 11) is 0. The summed E-state index contributed by atoms with van der Waals surface area (Å²) < 4.78 is 0. The number of rotatable bonds is 5. The molecule has 1 atom stereocenters. The summed E-state index contributed by atoms with van der Waals surface area (Å²) in [5.74, 6) is 0.234. The van der Waals surface area contributed by atoms with Crippen LogP contribution < -0.4 is 0 Å². The van der Waals surface area contributed by atoms with Crippen LogP contribution >= 0.6 is 23.2 Å². The van der Waals surface area contributed by atoms with Crippen molar-refractivity contribution in [3.63, 3.8) is 0 Å². The predicted octanol–water partition coefficient (Wildman–Crippen LogP) is 6.03. The third kappa shape index (κ3) is 5.16. The molecule has 0 saturated carbocycles. The van der Waals surface area contributed by atoms with Gasteiger partial charge in [-0.2, -0.15) is 0 Å². The molecule has 0 aliphatic carbocycles. The summed E-state index contributed by atoms with van der Waals surface area (Å²) in [6.45, 7) is 8.60. The van der Waals surface area contributed by atoms with Crippen LogP contribution in [0.1, 0.15) is 57.3 Å². The van der Waals surface area contributed by atoms with Crippen LogP contribution in [0.15, 0.2) is 18.2 Å². The van der Waals surface area contributed by atoms with Crippen molar-refractivity contribution >= 4 is 29.0 Å². The first-order chi connectivity index (χ1) is 8.74. The Morgan fingerprint density at radius 1 is 1.21 bits per heavy atom. The zero-order chi connectivity index (χ0) is 14.6. The molecule has 1 rings (SSSR count). The van der Waals surface area contributed by atoms with E-state index in [4.69, 9.17) is 23.2 Å². The van der Waals surface area contributed by atoms with Crippen molar-refractivity contribution in [2.45, 2.75) is 47.0 Å². The first-order valence-corrected chi connectivity index (χ1v) is 7.49. The number of halogens is 2. The quantitative estimate of drug-likeness (QED) is 0.607. The Morgan fingerprint density at radius 2 is 1.84 bits per heavy atom. The average molecular weight is 301 g/mol. The lowest BCUT2D eigenvalue weighted by Crippen LogP contribution is -2.21. The maximum atomic E-state index is 12.6. The van der Waals surface area contributed by atoms with Crippen LogP contribution in [0.4, 0.5) is 0 Å². The maximum Gasteiger partial charge on any atom is 0.166 e. The van der Waals surface area contributed by atoms with Gasteiger partial charge in [-0.25, -0.2) is 0 Å². The van der Waals surface area contributed by atoms with E-state index in [2.05, 4.69) is 27.7 Å². The number of hydrogen-bond donors (Lipinski definition) is 0. The Kier molecular flexibility index (Phi) is 5.88. The van der Waals surface area contributed by atoms with Crippen molar-refractivity contribution in [1.29, 1.82) is 0 Å². The molecule has 0 aliphatic rings. The topological polar surface area (TPSA) is 17.1 Å². The van der Waals surface area contributed by atoms with E-state index in [9.17, 15) is 4.79 Å². The first-order valence-electron chi connectivity index (χ1n) is 6.74. The lowest BCUT2D eigenvalue weighted by molar-refractivity contribution is 0.0874. The summed E-state index contributed by atoms with van der Waals surface area (Å²) in [5.41, 5.74) is 0.809. The third-order valence-electron chi connectivity index (χ3n) is 3.07. The minimum Gasteiger partial charge on any atom is -0.294 e. The van der Waals surface area contributed by atoms with Crippen LogP contribution in [-0.2, 0) is 0 Å². The van der Waals surface area contributed by atoms with Gasteiger partial charge in [-0.05, 0) is 36.5 Å². The molecule has 0 heterocycles. The standard InChI is InChI=1S/C16H22Cl2O/c1-5-6-12(10-16(2,3)4)15(19)11-7-8-13(17)14(18)9-11/h7-9,12H,5-6,10H2,1-4H3. The summed E-state index contributed by atoms with van der Waals surface area (Å²) in [4.78, 5) is 12.6. The van der Waals surface area contributed by atoms with E-state index in [1.54, 1.807) is 18.2 Å². The van der Waals surface area contributed by atoms with Gasteiger partial charge in [-0.3, -0.25) is 4.79 Å². The van der Waals surface area contributed by atoms with Gasteiger partial charge in [0, 0.05) is 11.5 Å². The highest BCUT2D eigenvalue weighted by molar-refractivity contribution is 6.42. The second-order valence-corrected chi connectivity index (χ2v) is 7.06. The minimum absolute atomic E-state index is 0.0576. The zero-order valence-electron chi connectivity index (χ0n) is 12.1. The van der Waals surface area contributed by atoms with E-state index in [0.29, 0.717) is 15.6 Å². The van der Waals surface area contributed by atoms with E-state index in [0.717, 1.165) is 19.3 Å². The molecule has 0 bridgehead atoms. The Hall–Kier alpha value is -0.530. The van der Waals surface area contributed by atoms with Crippen molar-refractivity contribution in [1.82, 2.24) is 0 Å². The van der Waals surface area contributed by atoms with Gasteiger partial charge >= 0.3 is 0 Å². The number of Topliss-reactive ketones (excluding diaryl/α,β-unsaturated/α-hetero) is 1. The maximum absolute atomic E-state index is 12.6. The van der Waals surface area contributed by atoms with Crippen molar-refractivity contribution in [3.05, 3.63) is 33.8 Å². The van der Waals surface area contributed by atoms with E-state index in [-0.39, 0.29) is 17.1 Å². The second-order valence-electron chi connectivity index (χ2n) is 6.24. The largest absolute Gasteiger partial charge is 0.294 e. The number of carbonyl (C=O) groups excluding carboxylic acids is 1. The van der Waals surface area contributed by atoms with Gasteiger partial charge in [-0.15, -0.1) is 0 Å². The van der Waals surface area contributed by atoms with Crippen molar-refractivity contribution in [3.8, 4) is 0 Å². The molecule has 1 unspecified atom stereocenters. The van der Waals surface area contributed by atoms with Gasteiger partial charge in [0.05, 0.1) is 10.0 Å². The molecule has 0 amide bonds. The molecule has 19 heavy (non-hydrogen) atoms. The molecule has 0 fully saturated rings. The molecule has 1 aromatic rings. The highest BCUT2D eigenvalue weighted by Gasteiger charge is 2.25. The highest BCUT2D eigenvalue weighted by atomic mass is 35.5. The Labute approximate surface area is 126 Å². The van der Waals surface area contributed by atoms with E-state index >= 15 is 0 Å². The van der Waals surface area contributed by atoms with Gasteiger partial charge in [0.25, 0.3) is 0 Å². The molecule has 1 aromatic carbocycles. The lowest BCUT2D eigenvalue weighted by Gasteiger charge is -2.25. The molecular formula is C16H22Cl2O. The predicted molar refractivity (Wildman–Crippen MR) is 83.3 cm³/mol. The minimum atomic E-state index is 0.0576. The zero-order valence-corrected chi connectivity index (χ0v) is 13.6. The lowest BCUT2D eigenvalue weighted by atomic mass is 9.79. The molecule has 0 radical (unpaired) electrons. The van der Waals surface area contributed by atoms with Crippen LogP contribution in [0, 0.1) is 11.3 Å². The fraction of sp³-hybridized carbons (Fsp3) is 0.562. The first kappa shape index (κ1) is 16.5. The van der Waals surface area contributed by atoms with Gasteiger partial charge in [-0.1, -0.05) is 57.3 Å². The molecular weight excluding hydrogens is 279 g/mol. The monoisotopic (exact) mass is 300 g/mol. The molecule has 0 aromatic heterocycles. The Morgan fingerprint density at radius 3 is 2.32 bits per heavy atom. The van der Waals surface area contributed by atoms with Crippen LogP contribution in [0.2, 0.25) is 10.0 Å². The summed E-state index contributed by atoms with van der Waals surface area (Å²) in [6.07, 6.45) is 2.81. The fourth-order valence-electron chi connectivity index (χ4n) is 2.30. The van der Waals surface area contributed by atoms with Crippen molar-refractivity contribution in [2.75, 3.05) is 0 Å². The van der Waals surface area contributed by atoms with Crippen molar-refractivity contribution in [2.24, 2.45) is 11.3 Å². The van der Waals surface area contributed by atoms with Crippen molar-refractivity contribution < 1.29 is 4.79 Å². The second kappa shape index (κ2) is 6.76. The van der Waals surface area contributed by atoms with Crippen LogP contribution in [-0.4, -0.2) is 5.78 Å². The molecule has 106 valence electrons. The molecule has 0 N–H and O–H groups in total. The Bertz CT molecular complexity index is 447. The van der Waals surface area contributed by atoms with Crippen LogP contribution in [0.3, 0.4) is 0 Å². The van der Waals surface area contributed by atoms with E-state index < -0.39 is 0 Å². The van der Waals surface area contributed by atoms with Crippen LogP contribution in [0.5, 0.6) is 0 Å². The average Bonchev–Trinajstić information content (AvgIpc) is 2.29. The van der Waals surface area contributed by atoms with Gasteiger partial charge in [0.1, 0.15) is 0 Å². The SMILES string of the molecule is CCCC(CC(C)(C)C)C(=O)c1ccc(Cl)c(Cl)c1. The van der Waals surface area contributed by atoms with Gasteiger partial charge in [0.15, 0.2) is 5.78 Å². The number of benzene rings is 1. The summed E-state index contributed by atoms with van der Waals surface area (Å²) >= 11 is 11.9. The molecule has 0 spiro atoms. The summed E-state index contributed by atoms with van der Waals surface area (Å²) in [6, 6.07) is 5.14.